The molecular weight excluding hydrogens is 276 g/mol. The standard InChI is InChI=1S/C9H14N4O5S/c1-12(4-5-14)19(17,18)9-3-2-7(11-10)6-8(9)13(15)16/h2-3,6,11,14H,4-5,10H2,1H3. The van der Waals surface area contributed by atoms with Crippen molar-refractivity contribution in [3.05, 3.63) is 28.3 Å². The van der Waals surface area contributed by atoms with Gasteiger partial charge in [-0.25, -0.2) is 8.42 Å². The van der Waals surface area contributed by atoms with Crippen molar-refractivity contribution in [2.45, 2.75) is 4.90 Å². The molecule has 106 valence electrons. The van der Waals surface area contributed by atoms with E-state index in [9.17, 15) is 18.5 Å². The van der Waals surface area contributed by atoms with E-state index in [0.717, 1.165) is 16.4 Å². The Bertz CT molecular complexity index is 574. The summed E-state index contributed by atoms with van der Waals surface area (Å²) in [6, 6.07) is 3.43. The van der Waals surface area contributed by atoms with Crippen LogP contribution in [0.3, 0.4) is 0 Å². The number of hydrogen-bond donors (Lipinski definition) is 3. The highest BCUT2D eigenvalue weighted by atomic mass is 32.2. The van der Waals surface area contributed by atoms with Crippen LogP contribution in [-0.2, 0) is 10.0 Å². The average Bonchev–Trinajstić information content (AvgIpc) is 2.38. The van der Waals surface area contributed by atoms with Crippen molar-refractivity contribution in [1.29, 1.82) is 0 Å². The number of likely N-dealkylation sites (N-methyl/N-ethyl adjacent to an activating group) is 1. The summed E-state index contributed by atoms with van der Waals surface area (Å²) in [5, 5.41) is 19.7. The maximum atomic E-state index is 12.1. The van der Waals surface area contributed by atoms with Gasteiger partial charge in [0.2, 0.25) is 10.0 Å². The first-order valence-electron chi connectivity index (χ1n) is 5.17. The first kappa shape index (κ1) is 15.3. The number of aliphatic hydroxyl groups is 1. The lowest BCUT2D eigenvalue weighted by Crippen LogP contribution is -2.30. The van der Waals surface area contributed by atoms with Crippen molar-refractivity contribution < 1.29 is 18.4 Å². The molecule has 0 radical (unpaired) electrons. The van der Waals surface area contributed by atoms with Gasteiger partial charge in [0.05, 0.1) is 17.2 Å². The third-order valence-corrected chi connectivity index (χ3v) is 4.33. The molecule has 9 nitrogen and oxygen atoms in total. The van der Waals surface area contributed by atoms with Gasteiger partial charge in [0.25, 0.3) is 5.69 Å². The molecule has 0 spiro atoms. The van der Waals surface area contributed by atoms with Gasteiger partial charge in [0.1, 0.15) is 0 Å². The molecule has 0 unspecified atom stereocenters. The zero-order valence-electron chi connectivity index (χ0n) is 10.1. The second-order valence-corrected chi connectivity index (χ2v) is 5.65. The van der Waals surface area contributed by atoms with Crippen molar-refractivity contribution >= 4 is 21.4 Å². The van der Waals surface area contributed by atoms with Crippen LogP contribution >= 0.6 is 0 Å². The topological polar surface area (TPSA) is 139 Å². The number of aliphatic hydroxyl groups excluding tert-OH is 1. The van der Waals surface area contributed by atoms with Crippen LogP contribution in [0.25, 0.3) is 0 Å². The average molecular weight is 290 g/mol. The Morgan fingerprint density at radius 2 is 2.16 bits per heavy atom. The number of nitrogen functional groups attached to an aromatic ring is 1. The van der Waals surface area contributed by atoms with Crippen LogP contribution in [0.5, 0.6) is 0 Å². The summed E-state index contributed by atoms with van der Waals surface area (Å²) in [6.45, 7) is -0.539. The molecule has 0 saturated carbocycles. The Kier molecular flexibility index (Phi) is 4.78. The maximum Gasteiger partial charge on any atom is 0.291 e. The first-order valence-corrected chi connectivity index (χ1v) is 6.61. The van der Waals surface area contributed by atoms with E-state index >= 15 is 0 Å². The van der Waals surface area contributed by atoms with Crippen molar-refractivity contribution in [3.8, 4) is 0 Å². The molecule has 0 saturated heterocycles. The molecule has 0 aliphatic heterocycles. The Morgan fingerprint density at radius 3 is 2.63 bits per heavy atom. The molecule has 0 aliphatic rings. The smallest absolute Gasteiger partial charge is 0.291 e. The van der Waals surface area contributed by atoms with Gasteiger partial charge in [-0.2, -0.15) is 4.31 Å². The van der Waals surface area contributed by atoms with E-state index in [1.54, 1.807) is 0 Å². The third kappa shape index (κ3) is 3.17. The van der Waals surface area contributed by atoms with Gasteiger partial charge in [0.15, 0.2) is 4.90 Å². The van der Waals surface area contributed by atoms with Crippen LogP contribution in [0.4, 0.5) is 11.4 Å². The van der Waals surface area contributed by atoms with Gasteiger partial charge in [-0.05, 0) is 12.1 Å². The van der Waals surface area contributed by atoms with Crippen molar-refractivity contribution in [2.24, 2.45) is 5.84 Å². The summed E-state index contributed by atoms with van der Waals surface area (Å²) < 4.78 is 25.0. The molecule has 0 atom stereocenters. The molecule has 0 aliphatic carbocycles. The maximum absolute atomic E-state index is 12.1. The lowest BCUT2D eigenvalue weighted by molar-refractivity contribution is -0.387. The third-order valence-electron chi connectivity index (χ3n) is 2.43. The monoisotopic (exact) mass is 290 g/mol. The van der Waals surface area contributed by atoms with E-state index in [-0.39, 0.29) is 18.8 Å². The first-order chi connectivity index (χ1) is 8.84. The number of sulfonamides is 1. The fraction of sp³-hybridized carbons (Fsp3) is 0.333. The summed E-state index contributed by atoms with van der Waals surface area (Å²) in [7, 11) is -2.81. The van der Waals surface area contributed by atoms with Crippen LogP contribution in [0.2, 0.25) is 0 Å². The highest BCUT2D eigenvalue weighted by Gasteiger charge is 2.29. The minimum atomic E-state index is -4.04. The number of nitro benzene ring substituents is 1. The summed E-state index contributed by atoms with van der Waals surface area (Å²) in [6.07, 6.45) is 0. The number of nitrogens with zero attached hydrogens (tertiary/aromatic N) is 2. The Labute approximate surface area is 109 Å². The van der Waals surface area contributed by atoms with Gasteiger partial charge in [-0.15, -0.1) is 0 Å². The molecule has 4 N–H and O–H groups in total. The van der Waals surface area contributed by atoms with Crippen molar-refractivity contribution in [3.63, 3.8) is 0 Å². The normalized spacial score (nSPS) is 11.6. The van der Waals surface area contributed by atoms with Crippen molar-refractivity contribution in [1.82, 2.24) is 4.31 Å². The van der Waals surface area contributed by atoms with Crippen LogP contribution in [0, 0.1) is 10.1 Å². The fourth-order valence-corrected chi connectivity index (χ4v) is 2.69. The number of nitrogens with two attached hydrogens (primary N) is 1. The van der Waals surface area contributed by atoms with E-state index in [1.165, 1.54) is 13.1 Å². The molecule has 19 heavy (non-hydrogen) atoms. The summed E-state index contributed by atoms with van der Waals surface area (Å²) in [4.78, 5) is 9.67. The summed E-state index contributed by atoms with van der Waals surface area (Å²) >= 11 is 0. The Morgan fingerprint density at radius 1 is 1.53 bits per heavy atom. The predicted octanol–water partition coefficient (Wildman–Crippen LogP) is -0.507. The quantitative estimate of drug-likeness (QED) is 0.364. The molecule has 0 fully saturated rings. The fourth-order valence-electron chi connectivity index (χ4n) is 1.40. The van der Waals surface area contributed by atoms with Gasteiger partial charge < -0.3 is 10.5 Å². The van der Waals surface area contributed by atoms with E-state index in [2.05, 4.69) is 5.43 Å². The number of anilines is 1. The molecule has 1 rings (SSSR count). The van der Waals surface area contributed by atoms with Crippen LogP contribution in [0.1, 0.15) is 0 Å². The lowest BCUT2D eigenvalue weighted by atomic mass is 10.3. The molecule has 0 amide bonds. The number of hydrazine groups is 1. The summed E-state index contributed by atoms with van der Waals surface area (Å²) in [5.74, 6) is 5.12. The predicted molar refractivity (Wildman–Crippen MR) is 67.8 cm³/mol. The Balaban J connectivity index is 3.38. The second-order valence-electron chi connectivity index (χ2n) is 3.63. The number of nitro groups is 1. The number of nitrogens with one attached hydrogen (secondary N) is 1. The molecule has 1 aromatic rings. The van der Waals surface area contributed by atoms with Crippen LogP contribution < -0.4 is 11.3 Å². The minimum absolute atomic E-state index is 0.156. The van der Waals surface area contributed by atoms with Gasteiger partial charge in [-0.1, -0.05) is 0 Å². The second kappa shape index (κ2) is 5.93. The molecule has 10 heteroatoms. The largest absolute Gasteiger partial charge is 0.395 e. The van der Waals surface area contributed by atoms with Gasteiger partial charge in [-0.3, -0.25) is 16.0 Å². The van der Waals surface area contributed by atoms with Crippen molar-refractivity contribution in [2.75, 3.05) is 25.6 Å². The zero-order chi connectivity index (χ0) is 14.6. The highest BCUT2D eigenvalue weighted by Crippen LogP contribution is 2.28. The zero-order valence-corrected chi connectivity index (χ0v) is 10.9. The SMILES string of the molecule is CN(CCO)S(=O)(=O)c1ccc(NN)cc1[N+](=O)[O-]. The summed E-state index contributed by atoms with van der Waals surface area (Å²) in [5.41, 5.74) is 1.84. The van der Waals surface area contributed by atoms with E-state index in [1.807, 2.05) is 0 Å². The number of rotatable bonds is 6. The Hall–Kier alpha value is -1.75. The molecular formula is C9H14N4O5S. The lowest BCUT2D eigenvalue weighted by Gasteiger charge is -2.16. The minimum Gasteiger partial charge on any atom is -0.395 e. The van der Waals surface area contributed by atoms with Gasteiger partial charge in [0, 0.05) is 19.7 Å². The highest BCUT2D eigenvalue weighted by molar-refractivity contribution is 7.89. The molecule has 0 bridgehead atoms. The number of benzene rings is 1. The molecule has 0 heterocycles. The van der Waals surface area contributed by atoms with Crippen LogP contribution in [0.15, 0.2) is 23.1 Å². The molecule has 1 aromatic carbocycles. The van der Waals surface area contributed by atoms with Crippen LogP contribution in [-0.4, -0.2) is 43.0 Å². The molecule has 0 aromatic heterocycles. The van der Waals surface area contributed by atoms with E-state index in [4.69, 9.17) is 10.9 Å². The number of hydrogen-bond acceptors (Lipinski definition) is 7. The van der Waals surface area contributed by atoms with E-state index < -0.39 is 25.5 Å². The van der Waals surface area contributed by atoms with Gasteiger partial charge >= 0.3 is 0 Å². The van der Waals surface area contributed by atoms with E-state index in [0.29, 0.717) is 0 Å².